The Labute approximate surface area is 110 Å². The average molecular weight is 244 g/mol. The minimum absolute atomic E-state index is 0.371. The van der Waals surface area contributed by atoms with E-state index in [-0.39, 0.29) is 0 Å². The molecule has 0 unspecified atom stereocenters. The maximum Gasteiger partial charge on any atom is 0.0788 e. The molecule has 0 fully saturated rings. The number of rotatable bonds is 4. The maximum absolute atomic E-state index is 4.93. The highest BCUT2D eigenvalue weighted by Crippen LogP contribution is 2.13. The number of hydrogen-bond acceptors (Lipinski definition) is 2. The molecule has 0 radical (unpaired) electrons. The lowest BCUT2D eigenvalue weighted by Gasteiger charge is -2.07. The fraction of sp³-hybridized carbons (Fsp3) is 0.500. The summed E-state index contributed by atoms with van der Waals surface area (Å²) in [5.74, 6) is 13.6. The van der Waals surface area contributed by atoms with Gasteiger partial charge in [-0.3, -0.25) is 0 Å². The highest BCUT2D eigenvalue weighted by molar-refractivity contribution is 5.13. The van der Waals surface area contributed by atoms with Crippen molar-refractivity contribution in [2.45, 2.75) is 25.7 Å². The molecule has 0 aromatic carbocycles. The first-order valence-corrected chi connectivity index (χ1v) is 6.17. The average Bonchev–Trinajstić information content (AvgIpc) is 2.41. The predicted molar refractivity (Wildman–Crippen MR) is 73.3 cm³/mol. The lowest BCUT2D eigenvalue weighted by Crippen LogP contribution is -1.98. The van der Waals surface area contributed by atoms with Gasteiger partial charge >= 0.3 is 0 Å². The molecule has 0 spiro atoms. The molecule has 0 aromatic heterocycles. The first kappa shape index (κ1) is 14.3. The molecule has 0 aromatic rings. The fourth-order valence-electron chi connectivity index (χ4n) is 1.61. The zero-order valence-electron chi connectivity index (χ0n) is 11.1. The lowest BCUT2D eigenvalue weighted by molar-refractivity contribution is 0.333. The Morgan fingerprint density at radius 3 is 1.33 bits per heavy atom. The molecule has 1 aliphatic rings. The highest BCUT2D eigenvalue weighted by Gasteiger charge is 2.04. The third kappa shape index (κ3) is 6.06. The molecule has 0 saturated carbocycles. The van der Waals surface area contributed by atoms with Crippen LogP contribution in [0.4, 0.5) is 0 Å². The van der Waals surface area contributed by atoms with Crippen LogP contribution in [0.2, 0.25) is 0 Å². The van der Waals surface area contributed by atoms with Crippen molar-refractivity contribution in [1.82, 2.24) is 0 Å². The summed E-state index contributed by atoms with van der Waals surface area (Å²) in [6, 6.07) is 0. The van der Waals surface area contributed by atoms with Crippen LogP contribution in [-0.2, 0) is 9.47 Å². The SMILES string of the molecule is CO/C=C/C1CC#CCC(/C=C/OC)CC#CC1. The van der Waals surface area contributed by atoms with Gasteiger partial charge in [-0.1, -0.05) is 0 Å². The summed E-state index contributed by atoms with van der Waals surface area (Å²) in [5.41, 5.74) is 0. The standard InChI is InChI=1S/C16H20O2/c1-17-13-11-15-7-3-5-9-16(12-14-18-2)10-6-4-8-15/h11-16H,7-10H2,1-2H3/b13-11+,14-12+. The summed E-state index contributed by atoms with van der Waals surface area (Å²) >= 11 is 0. The van der Waals surface area contributed by atoms with E-state index in [0.29, 0.717) is 11.8 Å². The van der Waals surface area contributed by atoms with E-state index >= 15 is 0 Å². The van der Waals surface area contributed by atoms with Gasteiger partial charge in [-0.2, -0.15) is 0 Å². The van der Waals surface area contributed by atoms with Gasteiger partial charge in [-0.25, -0.2) is 0 Å². The molecule has 1 aliphatic carbocycles. The monoisotopic (exact) mass is 244 g/mol. The molecule has 0 aliphatic heterocycles. The van der Waals surface area contributed by atoms with Crippen molar-refractivity contribution < 1.29 is 9.47 Å². The lowest BCUT2D eigenvalue weighted by atomic mass is 9.97. The summed E-state index contributed by atoms with van der Waals surface area (Å²) in [5, 5.41) is 0. The van der Waals surface area contributed by atoms with Crippen LogP contribution in [-0.4, -0.2) is 14.2 Å². The Bertz CT molecular complexity index is 338. The van der Waals surface area contributed by atoms with Crippen LogP contribution < -0.4 is 0 Å². The fourth-order valence-corrected chi connectivity index (χ4v) is 1.61. The van der Waals surface area contributed by atoms with Gasteiger partial charge in [0, 0.05) is 37.5 Å². The number of methoxy groups -OCH3 is 2. The third-order valence-electron chi connectivity index (χ3n) is 2.68. The second-order valence-corrected chi connectivity index (χ2v) is 4.17. The molecule has 0 amide bonds. The van der Waals surface area contributed by atoms with E-state index in [1.54, 1.807) is 26.7 Å². The topological polar surface area (TPSA) is 18.5 Å². The van der Waals surface area contributed by atoms with Crippen molar-refractivity contribution in [3.8, 4) is 23.7 Å². The molecular weight excluding hydrogens is 224 g/mol. The molecule has 0 bridgehead atoms. The van der Waals surface area contributed by atoms with E-state index in [2.05, 4.69) is 23.7 Å². The highest BCUT2D eigenvalue weighted by atomic mass is 16.5. The van der Waals surface area contributed by atoms with Crippen molar-refractivity contribution in [2.75, 3.05) is 14.2 Å². The molecular formula is C16H20O2. The molecule has 18 heavy (non-hydrogen) atoms. The Morgan fingerprint density at radius 1 is 0.722 bits per heavy atom. The minimum atomic E-state index is 0.371. The maximum atomic E-state index is 4.93. The summed E-state index contributed by atoms with van der Waals surface area (Å²) in [7, 11) is 3.31. The second kappa shape index (κ2) is 9.25. The van der Waals surface area contributed by atoms with Crippen LogP contribution in [0, 0.1) is 35.5 Å². The molecule has 0 heterocycles. The van der Waals surface area contributed by atoms with Gasteiger partial charge in [0.1, 0.15) is 0 Å². The van der Waals surface area contributed by atoms with Crippen molar-refractivity contribution in [2.24, 2.45) is 11.8 Å². The third-order valence-corrected chi connectivity index (χ3v) is 2.68. The van der Waals surface area contributed by atoms with Gasteiger partial charge in [0.25, 0.3) is 0 Å². The first-order chi connectivity index (χ1) is 8.86. The quantitative estimate of drug-likeness (QED) is 0.559. The van der Waals surface area contributed by atoms with Crippen LogP contribution >= 0.6 is 0 Å². The smallest absolute Gasteiger partial charge is 0.0788 e. The van der Waals surface area contributed by atoms with Crippen LogP contribution in [0.25, 0.3) is 0 Å². The van der Waals surface area contributed by atoms with Crippen molar-refractivity contribution >= 4 is 0 Å². The first-order valence-electron chi connectivity index (χ1n) is 6.17. The molecule has 2 nitrogen and oxygen atoms in total. The summed E-state index contributed by atoms with van der Waals surface area (Å²) < 4.78 is 9.87. The number of hydrogen-bond donors (Lipinski definition) is 0. The van der Waals surface area contributed by atoms with Crippen molar-refractivity contribution in [1.29, 1.82) is 0 Å². The number of allylic oxidation sites excluding steroid dienone is 2. The predicted octanol–water partition coefficient (Wildman–Crippen LogP) is 3.12. The van der Waals surface area contributed by atoms with Gasteiger partial charge in [-0.15, -0.1) is 23.7 Å². The van der Waals surface area contributed by atoms with Crippen LogP contribution in [0.15, 0.2) is 24.7 Å². The Kier molecular flexibility index (Phi) is 7.33. The van der Waals surface area contributed by atoms with Crippen LogP contribution in [0.5, 0.6) is 0 Å². The van der Waals surface area contributed by atoms with E-state index in [0.717, 1.165) is 25.7 Å². The van der Waals surface area contributed by atoms with Gasteiger partial charge in [0.05, 0.1) is 26.7 Å². The Hall–Kier alpha value is -1.80. The van der Waals surface area contributed by atoms with Crippen molar-refractivity contribution in [3.05, 3.63) is 24.7 Å². The van der Waals surface area contributed by atoms with E-state index < -0.39 is 0 Å². The van der Waals surface area contributed by atoms with E-state index in [1.165, 1.54) is 0 Å². The van der Waals surface area contributed by atoms with Crippen molar-refractivity contribution in [3.63, 3.8) is 0 Å². The molecule has 0 atom stereocenters. The minimum Gasteiger partial charge on any atom is -0.505 e. The van der Waals surface area contributed by atoms with E-state index in [4.69, 9.17) is 9.47 Å². The summed E-state index contributed by atoms with van der Waals surface area (Å²) in [6.07, 6.45) is 10.9. The molecule has 2 heteroatoms. The summed E-state index contributed by atoms with van der Waals surface area (Å²) in [4.78, 5) is 0. The van der Waals surface area contributed by atoms with Gasteiger partial charge in [0.15, 0.2) is 0 Å². The van der Waals surface area contributed by atoms with Gasteiger partial charge in [-0.05, 0) is 12.2 Å². The van der Waals surface area contributed by atoms with E-state index in [9.17, 15) is 0 Å². The number of ether oxygens (including phenoxy) is 2. The molecule has 0 saturated heterocycles. The van der Waals surface area contributed by atoms with Crippen LogP contribution in [0.3, 0.4) is 0 Å². The molecule has 0 N–H and O–H groups in total. The molecule has 1 rings (SSSR count). The van der Waals surface area contributed by atoms with E-state index in [1.807, 2.05) is 12.2 Å². The normalized spacial score (nSPS) is 23.9. The van der Waals surface area contributed by atoms with Gasteiger partial charge < -0.3 is 9.47 Å². The Balaban J connectivity index is 2.59. The largest absolute Gasteiger partial charge is 0.505 e. The Morgan fingerprint density at radius 2 is 1.06 bits per heavy atom. The second-order valence-electron chi connectivity index (χ2n) is 4.17. The molecule has 96 valence electrons. The van der Waals surface area contributed by atoms with Crippen LogP contribution in [0.1, 0.15) is 25.7 Å². The zero-order valence-corrected chi connectivity index (χ0v) is 11.1. The summed E-state index contributed by atoms with van der Waals surface area (Å²) in [6.45, 7) is 0. The van der Waals surface area contributed by atoms with Gasteiger partial charge in [0.2, 0.25) is 0 Å². The zero-order chi connectivity index (χ0) is 13.1.